The van der Waals surface area contributed by atoms with Crippen LogP contribution in [0.2, 0.25) is 0 Å². The molecule has 0 unspecified atom stereocenters. The minimum absolute atomic E-state index is 0.00790. The van der Waals surface area contributed by atoms with Crippen molar-refractivity contribution in [3.8, 4) is 0 Å². The molecule has 1 fully saturated rings. The van der Waals surface area contributed by atoms with Crippen LogP contribution in [0.4, 0.5) is 0 Å². The van der Waals surface area contributed by atoms with Crippen molar-refractivity contribution in [3.05, 3.63) is 108 Å². The molecule has 0 spiro atoms. The van der Waals surface area contributed by atoms with Gasteiger partial charge in [0.05, 0.1) is 25.4 Å². The van der Waals surface area contributed by atoms with E-state index in [0.29, 0.717) is 32.7 Å². The lowest BCUT2D eigenvalue weighted by molar-refractivity contribution is -0.188. The number of rotatable bonds is 10. The number of hydrogen-bond donors (Lipinski definition) is 2. The standard InChI is InChI=1S/C28H33NO4/c30-17-16-25-27(31)28(33-21-24-14-8-3-9-15-24)26(32-20-23-12-6-2-7-13-23)19-29(25)18-22-10-4-1-5-11-22/h1-15,25-28,30-31H,16-21H2/t25-,26+,27-,28-/m1/s1. The molecule has 3 aromatic carbocycles. The fourth-order valence-electron chi connectivity index (χ4n) is 4.51. The molecule has 174 valence electrons. The number of aliphatic hydroxyl groups excluding tert-OH is 2. The molecule has 0 saturated carbocycles. The van der Waals surface area contributed by atoms with Crippen LogP contribution in [0, 0.1) is 0 Å². The summed E-state index contributed by atoms with van der Waals surface area (Å²) in [4.78, 5) is 2.22. The first-order valence-corrected chi connectivity index (χ1v) is 11.6. The van der Waals surface area contributed by atoms with Crippen molar-refractivity contribution in [1.29, 1.82) is 0 Å². The van der Waals surface area contributed by atoms with E-state index >= 15 is 0 Å². The molecule has 3 aromatic rings. The average molecular weight is 448 g/mol. The molecular weight excluding hydrogens is 414 g/mol. The first kappa shape index (κ1) is 23.6. The fraction of sp³-hybridized carbons (Fsp3) is 0.357. The molecule has 0 bridgehead atoms. The van der Waals surface area contributed by atoms with Crippen LogP contribution in [0.5, 0.6) is 0 Å². The molecule has 0 radical (unpaired) electrons. The summed E-state index contributed by atoms with van der Waals surface area (Å²) < 4.78 is 12.6. The van der Waals surface area contributed by atoms with Crippen molar-refractivity contribution in [1.82, 2.24) is 4.90 Å². The SMILES string of the molecule is OCC[C@@H]1[C@@H](O)[C@H](OCc2ccccc2)[C@@H](OCc2ccccc2)CN1Cc1ccccc1. The van der Waals surface area contributed by atoms with Gasteiger partial charge in [0.1, 0.15) is 6.10 Å². The van der Waals surface area contributed by atoms with E-state index in [9.17, 15) is 10.2 Å². The van der Waals surface area contributed by atoms with Crippen molar-refractivity contribution in [2.24, 2.45) is 0 Å². The molecule has 0 aliphatic carbocycles. The number of piperidine rings is 1. The second-order valence-electron chi connectivity index (χ2n) is 8.58. The fourth-order valence-corrected chi connectivity index (χ4v) is 4.51. The van der Waals surface area contributed by atoms with Gasteiger partial charge in [-0.15, -0.1) is 0 Å². The summed E-state index contributed by atoms with van der Waals surface area (Å²) in [6.07, 6.45) is -1.09. The van der Waals surface area contributed by atoms with E-state index in [0.717, 1.165) is 16.7 Å². The topological polar surface area (TPSA) is 62.2 Å². The molecule has 1 aliphatic rings. The summed E-state index contributed by atoms with van der Waals surface area (Å²) >= 11 is 0. The number of hydrogen-bond acceptors (Lipinski definition) is 5. The minimum atomic E-state index is -0.779. The Bertz CT molecular complexity index is 938. The Labute approximate surface area is 196 Å². The zero-order chi connectivity index (χ0) is 22.9. The van der Waals surface area contributed by atoms with E-state index in [4.69, 9.17) is 9.47 Å². The Morgan fingerprint density at radius 1 is 0.727 bits per heavy atom. The average Bonchev–Trinajstić information content (AvgIpc) is 2.86. The Morgan fingerprint density at radius 3 is 1.79 bits per heavy atom. The molecule has 1 saturated heterocycles. The molecular formula is C28H33NO4. The van der Waals surface area contributed by atoms with E-state index in [-0.39, 0.29) is 18.8 Å². The summed E-state index contributed by atoms with van der Waals surface area (Å²) in [5.41, 5.74) is 3.30. The second-order valence-corrected chi connectivity index (χ2v) is 8.58. The lowest BCUT2D eigenvalue weighted by atomic mass is 9.91. The van der Waals surface area contributed by atoms with Gasteiger partial charge in [-0.3, -0.25) is 4.90 Å². The largest absolute Gasteiger partial charge is 0.396 e. The van der Waals surface area contributed by atoms with Crippen LogP contribution in [0.1, 0.15) is 23.1 Å². The number of benzene rings is 3. The third-order valence-corrected chi connectivity index (χ3v) is 6.23. The van der Waals surface area contributed by atoms with Gasteiger partial charge in [-0.1, -0.05) is 91.0 Å². The molecule has 4 atom stereocenters. The maximum atomic E-state index is 11.4. The highest BCUT2D eigenvalue weighted by atomic mass is 16.5. The Kier molecular flexibility index (Phi) is 8.64. The first-order valence-electron chi connectivity index (χ1n) is 11.6. The highest BCUT2D eigenvalue weighted by Gasteiger charge is 2.43. The monoisotopic (exact) mass is 447 g/mol. The number of ether oxygens (including phenoxy) is 2. The van der Waals surface area contributed by atoms with Gasteiger partial charge < -0.3 is 19.7 Å². The van der Waals surface area contributed by atoms with E-state index in [1.807, 2.05) is 78.9 Å². The van der Waals surface area contributed by atoms with Crippen molar-refractivity contribution in [2.75, 3.05) is 13.2 Å². The van der Waals surface area contributed by atoms with Gasteiger partial charge in [0.25, 0.3) is 0 Å². The summed E-state index contributed by atoms with van der Waals surface area (Å²) in [5.74, 6) is 0. The Morgan fingerprint density at radius 2 is 1.24 bits per heavy atom. The van der Waals surface area contributed by atoms with Crippen LogP contribution in [-0.2, 0) is 29.2 Å². The van der Waals surface area contributed by atoms with Gasteiger partial charge in [-0.25, -0.2) is 0 Å². The number of nitrogens with zero attached hydrogens (tertiary/aromatic N) is 1. The molecule has 1 heterocycles. The van der Waals surface area contributed by atoms with Crippen LogP contribution in [-0.4, -0.2) is 52.6 Å². The summed E-state index contributed by atoms with van der Waals surface area (Å²) in [5, 5.41) is 21.1. The third-order valence-electron chi connectivity index (χ3n) is 6.23. The maximum Gasteiger partial charge on any atom is 0.113 e. The van der Waals surface area contributed by atoms with E-state index in [1.54, 1.807) is 0 Å². The van der Waals surface area contributed by atoms with Gasteiger partial charge in [0.2, 0.25) is 0 Å². The zero-order valence-corrected chi connectivity index (χ0v) is 18.9. The van der Waals surface area contributed by atoms with Gasteiger partial charge in [0, 0.05) is 25.7 Å². The van der Waals surface area contributed by atoms with Gasteiger partial charge >= 0.3 is 0 Å². The van der Waals surface area contributed by atoms with Crippen LogP contribution >= 0.6 is 0 Å². The van der Waals surface area contributed by atoms with Gasteiger partial charge in [0.15, 0.2) is 0 Å². The van der Waals surface area contributed by atoms with Gasteiger partial charge in [-0.2, -0.15) is 0 Å². The molecule has 0 amide bonds. The Hall–Kier alpha value is -2.54. The molecule has 5 nitrogen and oxygen atoms in total. The van der Waals surface area contributed by atoms with Crippen LogP contribution in [0.25, 0.3) is 0 Å². The molecule has 0 aromatic heterocycles. The van der Waals surface area contributed by atoms with Crippen molar-refractivity contribution < 1.29 is 19.7 Å². The molecule has 5 heteroatoms. The van der Waals surface area contributed by atoms with Crippen molar-refractivity contribution in [2.45, 2.75) is 50.5 Å². The van der Waals surface area contributed by atoms with Gasteiger partial charge in [-0.05, 0) is 23.1 Å². The highest BCUT2D eigenvalue weighted by Crippen LogP contribution is 2.28. The third kappa shape index (κ3) is 6.50. The van der Waals surface area contributed by atoms with Crippen LogP contribution in [0.3, 0.4) is 0 Å². The highest BCUT2D eigenvalue weighted by molar-refractivity contribution is 5.17. The molecule has 1 aliphatic heterocycles. The molecule has 33 heavy (non-hydrogen) atoms. The lowest BCUT2D eigenvalue weighted by Crippen LogP contribution is -2.62. The zero-order valence-electron chi connectivity index (χ0n) is 18.9. The predicted molar refractivity (Wildman–Crippen MR) is 128 cm³/mol. The maximum absolute atomic E-state index is 11.4. The van der Waals surface area contributed by atoms with E-state index in [2.05, 4.69) is 17.0 Å². The summed E-state index contributed by atoms with van der Waals surface area (Å²) in [6.45, 7) is 2.15. The Balaban J connectivity index is 1.53. The van der Waals surface area contributed by atoms with Crippen LogP contribution in [0.15, 0.2) is 91.0 Å². The second kappa shape index (κ2) is 12.1. The predicted octanol–water partition coefficient (Wildman–Crippen LogP) is 3.78. The normalized spacial score (nSPS) is 23.5. The minimum Gasteiger partial charge on any atom is -0.396 e. The molecule has 2 N–H and O–H groups in total. The van der Waals surface area contributed by atoms with Crippen LogP contribution < -0.4 is 0 Å². The quantitative estimate of drug-likeness (QED) is 0.495. The van der Waals surface area contributed by atoms with Crippen molar-refractivity contribution >= 4 is 0 Å². The van der Waals surface area contributed by atoms with Crippen molar-refractivity contribution in [3.63, 3.8) is 0 Å². The molecule has 4 rings (SSSR count). The number of aliphatic hydroxyl groups is 2. The number of likely N-dealkylation sites (tertiary alicyclic amines) is 1. The summed E-state index contributed by atoms with van der Waals surface area (Å²) in [6, 6.07) is 30.0. The lowest BCUT2D eigenvalue weighted by Gasteiger charge is -2.47. The first-order chi connectivity index (χ1) is 16.2. The van der Waals surface area contributed by atoms with E-state index in [1.165, 1.54) is 0 Å². The van der Waals surface area contributed by atoms with E-state index < -0.39 is 12.2 Å². The smallest absolute Gasteiger partial charge is 0.113 e. The summed E-state index contributed by atoms with van der Waals surface area (Å²) in [7, 11) is 0.